The Kier molecular flexibility index (Phi) is 4.82. The van der Waals surface area contributed by atoms with Crippen molar-refractivity contribution in [3.8, 4) is 5.69 Å². The van der Waals surface area contributed by atoms with E-state index in [2.05, 4.69) is 27.4 Å². The molecule has 1 saturated heterocycles. The Labute approximate surface area is 179 Å². The average Bonchev–Trinajstić information content (AvgIpc) is 3.46. The largest absolute Gasteiger partial charge is 0.339 e. The second-order valence-electron chi connectivity index (χ2n) is 7.72. The summed E-state index contributed by atoms with van der Waals surface area (Å²) in [5.41, 5.74) is 5.32. The van der Waals surface area contributed by atoms with E-state index in [-0.39, 0.29) is 11.8 Å². The van der Waals surface area contributed by atoms with Crippen molar-refractivity contribution in [3.05, 3.63) is 77.1 Å². The Hall–Kier alpha value is -3.81. The van der Waals surface area contributed by atoms with Crippen LogP contribution in [0.3, 0.4) is 0 Å². The molecule has 31 heavy (non-hydrogen) atoms. The van der Waals surface area contributed by atoms with E-state index in [0.717, 1.165) is 22.7 Å². The van der Waals surface area contributed by atoms with Crippen LogP contribution >= 0.6 is 0 Å². The number of aromatic nitrogens is 3. The van der Waals surface area contributed by atoms with Gasteiger partial charge in [0, 0.05) is 44.2 Å². The minimum Gasteiger partial charge on any atom is -0.339 e. The van der Waals surface area contributed by atoms with Crippen molar-refractivity contribution in [2.75, 3.05) is 26.2 Å². The fraction of sp³-hybridized carbons (Fsp3) is 0.261. The van der Waals surface area contributed by atoms with Gasteiger partial charge in [0.05, 0.1) is 24.1 Å². The van der Waals surface area contributed by atoms with E-state index in [9.17, 15) is 9.59 Å². The minimum absolute atomic E-state index is 0.0223. The summed E-state index contributed by atoms with van der Waals surface area (Å²) in [7, 11) is 0. The molecule has 0 N–H and O–H groups in total. The van der Waals surface area contributed by atoms with Gasteiger partial charge in [0.15, 0.2) is 0 Å². The predicted octanol–water partition coefficient (Wildman–Crippen LogP) is 1.92. The maximum atomic E-state index is 12.8. The van der Waals surface area contributed by atoms with E-state index >= 15 is 0 Å². The summed E-state index contributed by atoms with van der Waals surface area (Å²) in [6.45, 7) is 4.48. The number of rotatable bonds is 3. The maximum absolute atomic E-state index is 12.8. The minimum atomic E-state index is -0.0223. The zero-order valence-electron chi connectivity index (χ0n) is 17.2. The number of amides is 2. The van der Waals surface area contributed by atoms with Gasteiger partial charge in [0.2, 0.25) is 5.91 Å². The summed E-state index contributed by atoms with van der Waals surface area (Å²) in [5.74, 6) is 0.0293. The predicted molar refractivity (Wildman–Crippen MR) is 115 cm³/mol. The van der Waals surface area contributed by atoms with Gasteiger partial charge >= 0.3 is 0 Å². The third-order valence-corrected chi connectivity index (χ3v) is 5.81. The van der Waals surface area contributed by atoms with Gasteiger partial charge in [-0.15, -0.1) is 5.10 Å². The maximum Gasteiger partial charge on any atom is 0.253 e. The van der Waals surface area contributed by atoms with Crippen molar-refractivity contribution in [2.24, 2.45) is 4.99 Å². The van der Waals surface area contributed by atoms with E-state index in [4.69, 9.17) is 0 Å². The third kappa shape index (κ3) is 3.61. The number of nitrogens with zero attached hydrogens (tertiary/aromatic N) is 6. The first kappa shape index (κ1) is 19.2. The molecule has 3 aromatic rings. The van der Waals surface area contributed by atoms with Crippen molar-refractivity contribution in [2.45, 2.75) is 13.5 Å². The zero-order chi connectivity index (χ0) is 21.4. The second kappa shape index (κ2) is 7.79. The lowest BCUT2D eigenvalue weighted by Gasteiger charge is -2.34. The van der Waals surface area contributed by atoms with E-state index in [1.807, 2.05) is 30.5 Å². The van der Waals surface area contributed by atoms with E-state index < -0.39 is 0 Å². The molecule has 3 heterocycles. The van der Waals surface area contributed by atoms with Crippen LogP contribution in [0.25, 0.3) is 5.69 Å². The molecule has 1 aromatic heterocycles. The Morgan fingerprint density at radius 1 is 0.903 bits per heavy atom. The van der Waals surface area contributed by atoms with E-state index in [1.54, 1.807) is 33.5 Å². The van der Waals surface area contributed by atoms with Crippen LogP contribution in [-0.2, 0) is 11.3 Å². The van der Waals surface area contributed by atoms with Gasteiger partial charge in [-0.05, 0) is 29.8 Å². The SMILES string of the molecule is CC(=O)N1CCN(C(=O)c2ccc(-n3cc(C4=NCc5ccccc54)nn3)cc2)CC1. The molecule has 1 fully saturated rings. The highest BCUT2D eigenvalue weighted by molar-refractivity contribution is 6.13. The van der Waals surface area contributed by atoms with Gasteiger partial charge in [0.1, 0.15) is 5.69 Å². The van der Waals surface area contributed by atoms with Gasteiger partial charge < -0.3 is 9.80 Å². The van der Waals surface area contributed by atoms with Gasteiger partial charge in [-0.1, -0.05) is 29.5 Å². The number of aliphatic imine (C=N–C) groups is 1. The van der Waals surface area contributed by atoms with E-state index in [1.165, 1.54) is 5.56 Å². The molecule has 0 spiro atoms. The Balaban J connectivity index is 1.29. The van der Waals surface area contributed by atoms with Crippen LogP contribution in [-0.4, -0.2) is 68.5 Å². The number of fused-ring (bicyclic) bond motifs is 1. The van der Waals surface area contributed by atoms with Crippen molar-refractivity contribution >= 4 is 17.5 Å². The lowest BCUT2D eigenvalue weighted by atomic mass is 10.0. The van der Waals surface area contributed by atoms with Crippen molar-refractivity contribution < 1.29 is 9.59 Å². The molecule has 0 aliphatic carbocycles. The lowest BCUT2D eigenvalue weighted by Crippen LogP contribution is -2.50. The monoisotopic (exact) mass is 414 g/mol. The molecule has 5 rings (SSSR count). The smallest absolute Gasteiger partial charge is 0.253 e. The van der Waals surface area contributed by atoms with Gasteiger partial charge in [-0.2, -0.15) is 0 Å². The van der Waals surface area contributed by atoms with Crippen LogP contribution in [0.1, 0.15) is 34.1 Å². The molecule has 0 atom stereocenters. The molecular weight excluding hydrogens is 392 g/mol. The van der Waals surface area contributed by atoms with Crippen molar-refractivity contribution in [1.82, 2.24) is 24.8 Å². The Morgan fingerprint density at radius 2 is 1.61 bits per heavy atom. The van der Waals surface area contributed by atoms with Crippen LogP contribution in [0, 0.1) is 0 Å². The van der Waals surface area contributed by atoms with Gasteiger partial charge in [-0.25, -0.2) is 4.68 Å². The quantitative estimate of drug-likeness (QED) is 0.656. The molecular formula is C23H22N6O2. The number of carbonyl (C=O) groups is 2. The number of hydrogen-bond acceptors (Lipinski definition) is 5. The summed E-state index contributed by atoms with van der Waals surface area (Å²) < 4.78 is 1.69. The number of piperazine rings is 1. The van der Waals surface area contributed by atoms with Crippen molar-refractivity contribution in [1.29, 1.82) is 0 Å². The summed E-state index contributed by atoms with van der Waals surface area (Å²) in [5, 5.41) is 8.55. The Morgan fingerprint density at radius 3 is 2.35 bits per heavy atom. The van der Waals surface area contributed by atoms with Crippen LogP contribution in [0.4, 0.5) is 0 Å². The molecule has 0 unspecified atom stereocenters. The summed E-state index contributed by atoms with van der Waals surface area (Å²) >= 11 is 0. The number of hydrogen-bond donors (Lipinski definition) is 0. The first-order valence-corrected chi connectivity index (χ1v) is 10.3. The summed E-state index contributed by atoms with van der Waals surface area (Å²) in [4.78, 5) is 32.4. The van der Waals surface area contributed by atoms with Gasteiger partial charge in [-0.3, -0.25) is 14.6 Å². The van der Waals surface area contributed by atoms with Crippen molar-refractivity contribution in [3.63, 3.8) is 0 Å². The van der Waals surface area contributed by atoms with Crippen LogP contribution in [0.15, 0.2) is 59.7 Å². The van der Waals surface area contributed by atoms with Crippen LogP contribution in [0.5, 0.6) is 0 Å². The fourth-order valence-electron chi connectivity index (χ4n) is 4.02. The highest BCUT2D eigenvalue weighted by Gasteiger charge is 2.23. The van der Waals surface area contributed by atoms with Gasteiger partial charge in [0.25, 0.3) is 5.91 Å². The molecule has 2 aliphatic heterocycles. The normalized spacial score (nSPS) is 15.6. The fourth-order valence-corrected chi connectivity index (χ4v) is 4.02. The number of carbonyl (C=O) groups excluding carboxylic acids is 2. The molecule has 2 aromatic carbocycles. The molecule has 0 saturated carbocycles. The third-order valence-electron chi connectivity index (χ3n) is 5.81. The van der Waals surface area contributed by atoms with Crippen LogP contribution in [0.2, 0.25) is 0 Å². The second-order valence-corrected chi connectivity index (χ2v) is 7.72. The number of benzene rings is 2. The topological polar surface area (TPSA) is 83.7 Å². The first-order chi connectivity index (χ1) is 15.1. The first-order valence-electron chi connectivity index (χ1n) is 10.3. The molecule has 0 radical (unpaired) electrons. The average molecular weight is 414 g/mol. The van der Waals surface area contributed by atoms with Crippen LogP contribution < -0.4 is 0 Å². The molecule has 8 nitrogen and oxygen atoms in total. The molecule has 2 amide bonds. The highest BCUT2D eigenvalue weighted by Crippen LogP contribution is 2.22. The van der Waals surface area contributed by atoms with E-state index in [0.29, 0.717) is 38.3 Å². The molecule has 156 valence electrons. The standard InChI is InChI=1S/C23H22N6O2/c1-16(30)27-10-12-28(13-11-27)23(31)17-6-8-19(9-7-17)29-15-21(25-26-29)22-20-5-3-2-4-18(20)14-24-22/h2-9,15H,10-14H2,1H3. The molecule has 2 aliphatic rings. The highest BCUT2D eigenvalue weighted by atomic mass is 16.2. The zero-order valence-corrected chi connectivity index (χ0v) is 17.2. The molecule has 0 bridgehead atoms. The lowest BCUT2D eigenvalue weighted by molar-refractivity contribution is -0.130. The summed E-state index contributed by atoms with van der Waals surface area (Å²) in [6.07, 6.45) is 1.86. The Bertz CT molecular complexity index is 1170. The molecule has 8 heteroatoms. The summed E-state index contributed by atoms with van der Waals surface area (Å²) in [6, 6.07) is 15.5.